The van der Waals surface area contributed by atoms with E-state index in [-0.39, 0.29) is 11.9 Å². The van der Waals surface area contributed by atoms with Crippen molar-refractivity contribution < 1.29 is 14.3 Å². The number of aryl methyl sites for hydroxylation is 3. The Balaban J connectivity index is 1.74. The molecule has 0 aliphatic carbocycles. The van der Waals surface area contributed by atoms with Gasteiger partial charge in [-0.05, 0) is 63.8 Å². The highest BCUT2D eigenvalue weighted by Gasteiger charge is 2.44. The van der Waals surface area contributed by atoms with Crippen LogP contribution in [0.15, 0.2) is 30.3 Å². The summed E-state index contributed by atoms with van der Waals surface area (Å²) in [6.45, 7) is 7.63. The van der Waals surface area contributed by atoms with Crippen LogP contribution in [0.25, 0.3) is 0 Å². The monoisotopic (exact) mass is 431 g/mol. The van der Waals surface area contributed by atoms with Crippen LogP contribution in [0, 0.1) is 19.3 Å². The van der Waals surface area contributed by atoms with Crippen LogP contribution in [-0.4, -0.2) is 46.3 Å². The Morgan fingerprint density at radius 2 is 2.07 bits per heavy atom. The molecule has 0 N–H and O–H groups in total. The average molecular weight is 432 g/mol. The molecule has 1 aromatic heterocycles. The summed E-state index contributed by atoms with van der Waals surface area (Å²) in [5, 5.41) is 5.07. The number of ether oxygens (including phenoxy) is 1. The Bertz CT molecular complexity index is 911. The van der Waals surface area contributed by atoms with Crippen molar-refractivity contribution in [3.8, 4) is 0 Å². The number of hydrogen-bond donors (Lipinski definition) is 0. The number of benzene rings is 1. The Hall–Kier alpha value is -2.34. The lowest BCUT2D eigenvalue weighted by atomic mass is 9.75. The topological polar surface area (TPSA) is 64.4 Å². The van der Waals surface area contributed by atoms with E-state index in [4.69, 9.17) is 16.3 Å². The number of halogens is 1. The number of piperidine rings is 1. The zero-order valence-corrected chi connectivity index (χ0v) is 18.7. The number of amides is 1. The van der Waals surface area contributed by atoms with Gasteiger partial charge in [-0.15, -0.1) is 0 Å². The average Bonchev–Trinajstić information content (AvgIpc) is 3.03. The van der Waals surface area contributed by atoms with Gasteiger partial charge >= 0.3 is 5.97 Å². The maximum absolute atomic E-state index is 13.0. The molecular weight excluding hydrogens is 402 g/mol. The molecule has 1 unspecified atom stereocenters. The SMILES string of the molecule is CCOC(=O)C1(Cc2cccc(Cl)c2)CCCN(C(=O)CCn2nc(C)cc2C)C1. The van der Waals surface area contributed by atoms with Crippen LogP contribution < -0.4 is 0 Å². The van der Waals surface area contributed by atoms with Gasteiger partial charge in [0.25, 0.3) is 0 Å². The lowest BCUT2D eigenvalue weighted by Gasteiger charge is -2.41. The van der Waals surface area contributed by atoms with Gasteiger partial charge in [0.15, 0.2) is 0 Å². The minimum atomic E-state index is -0.743. The van der Waals surface area contributed by atoms with Gasteiger partial charge in [-0.3, -0.25) is 14.3 Å². The van der Waals surface area contributed by atoms with Crippen LogP contribution in [-0.2, 0) is 27.3 Å². The first kappa shape index (κ1) is 22.3. The van der Waals surface area contributed by atoms with Gasteiger partial charge in [0.1, 0.15) is 0 Å². The van der Waals surface area contributed by atoms with Crippen LogP contribution in [0.1, 0.15) is 43.1 Å². The van der Waals surface area contributed by atoms with Crippen LogP contribution in [0.4, 0.5) is 0 Å². The molecule has 0 spiro atoms. The summed E-state index contributed by atoms with van der Waals surface area (Å²) in [6.07, 6.45) is 2.33. The molecule has 3 rings (SSSR count). The number of hydrogen-bond acceptors (Lipinski definition) is 4. The molecule has 1 fully saturated rings. The largest absolute Gasteiger partial charge is 0.466 e. The number of carbonyl (C=O) groups is 2. The van der Waals surface area contributed by atoms with E-state index in [1.807, 2.05) is 60.7 Å². The van der Waals surface area contributed by atoms with Crippen molar-refractivity contribution in [1.82, 2.24) is 14.7 Å². The number of carbonyl (C=O) groups excluding carboxylic acids is 2. The molecule has 1 amide bonds. The summed E-state index contributed by atoms with van der Waals surface area (Å²) in [7, 11) is 0. The predicted molar refractivity (Wildman–Crippen MR) is 116 cm³/mol. The Kier molecular flexibility index (Phi) is 7.19. The third-order valence-corrected chi connectivity index (χ3v) is 5.95. The lowest BCUT2D eigenvalue weighted by Crippen LogP contribution is -2.51. The zero-order valence-electron chi connectivity index (χ0n) is 18.0. The Morgan fingerprint density at radius 1 is 1.27 bits per heavy atom. The van der Waals surface area contributed by atoms with Gasteiger partial charge in [0, 0.05) is 36.8 Å². The summed E-state index contributed by atoms with van der Waals surface area (Å²) < 4.78 is 7.30. The van der Waals surface area contributed by atoms with E-state index >= 15 is 0 Å². The van der Waals surface area contributed by atoms with Gasteiger partial charge in [-0.1, -0.05) is 23.7 Å². The molecule has 2 aromatic rings. The second kappa shape index (κ2) is 9.65. The molecule has 1 atom stereocenters. The Morgan fingerprint density at radius 3 is 2.73 bits per heavy atom. The van der Waals surface area contributed by atoms with Crippen molar-refractivity contribution >= 4 is 23.5 Å². The van der Waals surface area contributed by atoms with Crippen molar-refractivity contribution in [2.45, 2.75) is 53.0 Å². The highest BCUT2D eigenvalue weighted by atomic mass is 35.5. The summed E-state index contributed by atoms with van der Waals surface area (Å²) >= 11 is 6.15. The lowest BCUT2D eigenvalue weighted by molar-refractivity contribution is -0.160. The molecule has 1 aliphatic rings. The third-order valence-electron chi connectivity index (χ3n) is 5.71. The van der Waals surface area contributed by atoms with Crippen molar-refractivity contribution in [1.29, 1.82) is 0 Å². The van der Waals surface area contributed by atoms with E-state index < -0.39 is 5.41 Å². The molecule has 0 radical (unpaired) electrons. The second-order valence-electron chi connectivity index (χ2n) is 8.13. The number of esters is 1. The van der Waals surface area contributed by atoms with Gasteiger partial charge in [-0.25, -0.2) is 0 Å². The van der Waals surface area contributed by atoms with E-state index in [1.165, 1.54) is 0 Å². The molecule has 2 heterocycles. The van der Waals surface area contributed by atoms with Crippen LogP contribution in [0.2, 0.25) is 5.02 Å². The van der Waals surface area contributed by atoms with Gasteiger partial charge in [0.2, 0.25) is 5.91 Å². The van der Waals surface area contributed by atoms with E-state index in [9.17, 15) is 9.59 Å². The zero-order chi connectivity index (χ0) is 21.7. The van der Waals surface area contributed by atoms with Crippen molar-refractivity contribution in [2.24, 2.45) is 5.41 Å². The fraction of sp³-hybridized carbons (Fsp3) is 0.522. The van der Waals surface area contributed by atoms with Gasteiger partial charge in [-0.2, -0.15) is 5.10 Å². The van der Waals surface area contributed by atoms with Crippen LogP contribution in [0.5, 0.6) is 0 Å². The minimum Gasteiger partial charge on any atom is -0.466 e. The third kappa shape index (κ3) is 5.22. The molecule has 0 bridgehead atoms. The molecule has 7 heteroatoms. The standard InChI is InChI=1S/C23H30ClN3O3/c1-4-30-22(29)23(15-19-7-5-8-20(24)14-19)10-6-11-26(16-23)21(28)9-12-27-18(3)13-17(2)25-27/h5,7-8,13-14H,4,6,9-12,15-16H2,1-3H3. The Labute approximate surface area is 183 Å². The van der Waals surface area contributed by atoms with Crippen molar-refractivity contribution in [2.75, 3.05) is 19.7 Å². The predicted octanol–water partition coefficient (Wildman–Crippen LogP) is 3.96. The molecule has 1 aliphatic heterocycles. The highest BCUT2D eigenvalue weighted by Crippen LogP contribution is 2.36. The number of rotatable bonds is 7. The fourth-order valence-electron chi connectivity index (χ4n) is 4.31. The first-order chi connectivity index (χ1) is 14.3. The molecule has 1 aromatic carbocycles. The number of nitrogens with zero attached hydrogens (tertiary/aromatic N) is 3. The maximum atomic E-state index is 13.0. The highest BCUT2D eigenvalue weighted by molar-refractivity contribution is 6.30. The van der Waals surface area contributed by atoms with Crippen LogP contribution >= 0.6 is 11.6 Å². The molecule has 162 valence electrons. The van der Waals surface area contributed by atoms with E-state index in [2.05, 4.69) is 5.10 Å². The normalized spacial score (nSPS) is 19.0. The van der Waals surface area contributed by atoms with E-state index in [0.29, 0.717) is 50.5 Å². The first-order valence-corrected chi connectivity index (χ1v) is 10.9. The summed E-state index contributed by atoms with van der Waals surface area (Å²) in [5.41, 5.74) is 2.22. The fourth-order valence-corrected chi connectivity index (χ4v) is 4.52. The summed E-state index contributed by atoms with van der Waals surface area (Å²) in [4.78, 5) is 27.8. The van der Waals surface area contributed by atoms with Crippen molar-refractivity contribution in [3.63, 3.8) is 0 Å². The second-order valence-corrected chi connectivity index (χ2v) is 8.56. The molecule has 0 saturated carbocycles. The van der Waals surface area contributed by atoms with Gasteiger partial charge in [0.05, 0.1) is 17.7 Å². The molecular formula is C23H30ClN3O3. The summed E-state index contributed by atoms with van der Waals surface area (Å²) in [5.74, 6) is -0.192. The number of likely N-dealkylation sites (tertiary alicyclic amines) is 1. The minimum absolute atomic E-state index is 0.0435. The van der Waals surface area contributed by atoms with Crippen LogP contribution in [0.3, 0.4) is 0 Å². The summed E-state index contributed by atoms with van der Waals surface area (Å²) in [6, 6.07) is 9.55. The molecule has 6 nitrogen and oxygen atoms in total. The molecule has 30 heavy (non-hydrogen) atoms. The van der Waals surface area contributed by atoms with E-state index in [0.717, 1.165) is 23.4 Å². The van der Waals surface area contributed by atoms with Crippen molar-refractivity contribution in [3.05, 3.63) is 52.3 Å². The first-order valence-electron chi connectivity index (χ1n) is 10.5. The smallest absolute Gasteiger partial charge is 0.314 e. The van der Waals surface area contributed by atoms with E-state index in [1.54, 1.807) is 0 Å². The maximum Gasteiger partial charge on any atom is 0.314 e. The molecule has 1 saturated heterocycles. The quantitative estimate of drug-likeness (QED) is 0.622. The van der Waals surface area contributed by atoms with Gasteiger partial charge < -0.3 is 9.64 Å². The number of aromatic nitrogens is 2.